The molecule has 0 aromatic carbocycles. The molecular weight excluding hydrogens is 348 g/mol. The molecule has 0 amide bonds. The molecule has 1 aromatic rings. The number of hydrogen-bond donors (Lipinski definition) is 1. The molecule has 1 N–H and O–H groups in total. The molecule has 0 unspecified atom stereocenters. The van der Waals surface area contributed by atoms with Gasteiger partial charge in [0.25, 0.3) is 5.56 Å². The van der Waals surface area contributed by atoms with E-state index in [9.17, 15) is 4.79 Å². The van der Waals surface area contributed by atoms with Gasteiger partial charge in [-0.3, -0.25) is 4.79 Å². The van der Waals surface area contributed by atoms with Crippen LogP contribution in [-0.2, 0) is 11.8 Å². The molecule has 124 valence electrons. The fourth-order valence-corrected chi connectivity index (χ4v) is 3.27. The number of methoxy groups -OCH3 is 1. The Bertz CT molecular complexity index is 525. The molecule has 1 saturated carbocycles. The van der Waals surface area contributed by atoms with Gasteiger partial charge in [0.05, 0.1) is 10.6 Å². The fraction of sp³-hybridized carbons (Fsp3) is 0.688. The Labute approximate surface area is 140 Å². The second kappa shape index (κ2) is 8.70. The SMILES string of the molecule is COCCCN[C@H]1CC[C@H](Oc2cc(=O)n(C)cc2Br)CC1. The van der Waals surface area contributed by atoms with Crippen molar-refractivity contribution in [2.45, 2.75) is 44.2 Å². The number of aromatic nitrogens is 1. The third-order valence-electron chi connectivity index (χ3n) is 4.07. The van der Waals surface area contributed by atoms with Gasteiger partial charge in [-0.05, 0) is 54.6 Å². The lowest BCUT2D eigenvalue weighted by Gasteiger charge is -2.30. The first kappa shape index (κ1) is 17.5. The first-order chi connectivity index (χ1) is 10.6. The number of pyridine rings is 1. The lowest BCUT2D eigenvalue weighted by molar-refractivity contribution is 0.136. The van der Waals surface area contributed by atoms with Crippen LogP contribution in [0.3, 0.4) is 0 Å². The molecule has 1 aliphatic carbocycles. The van der Waals surface area contributed by atoms with Crippen molar-refractivity contribution in [2.75, 3.05) is 20.3 Å². The zero-order chi connectivity index (χ0) is 15.9. The average Bonchev–Trinajstić information content (AvgIpc) is 2.51. The van der Waals surface area contributed by atoms with E-state index in [0.717, 1.165) is 49.7 Å². The van der Waals surface area contributed by atoms with Crippen LogP contribution in [0, 0.1) is 0 Å². The van der Waals surface area contributed by atoms with E-state index < -0.39 is 0 Å². The number of ether oxygens (including phenoxy) is 2. The highest BCUT2D eigenvalue weighted by molar-refractivity contribution is 9.10. The van der Waals surface area contributed by atoms with Crippen LogP contribution in [0.5, 0.6) is 5.75 Å². The number of halogens is 1. The Morgan fingerprint density at radius 3 is 2.77 bits per heavy atom. The maximum Gasteiger partial charge on any atom is 0.254 e. The van der Waals surface area contributed by atoms with Gasteiger partial charge in [0.15, 0.2) is 0 Å². The summed E-state index contributed by atoms with van der Waals surface area (Å²) in [5.41, 5.74) is -0.0494. The standard InChI is InChI=1S/C16H25BrN2O3/c1-19-11-14(17)15(10-16(19)20)22-13-6-4-12(5-7-13)18-8-3-9-21-2/h10-13,18H,3-9H2,1-2H3/t12-,13-. The predicted molar refractivity (Wildman–Crippen MR) is 90.6 cm³/mol. The van der Waals surface area contributed by atoms with E-state index in [4.69, 9.17) is 9.47 Å². The second-order valence-electron chi connectivity index (χ2n) is 5.83. The Balaban J connectivity index is 1.78. The minimum atomic E-state index is -0.0494. The number of nitrogens with zero attached hydrogens (tertiary/aromatic N) is 1. The Morgan fingerprint density at radius 1 is 1.36 bits per heavy atom. The summed E-state index contributed by atoms with van der Waals surface area (Å²) in [6, 6.07) is 2.13. The van der Waals surface area contributed by atoms with Crippen LogP contribution < -0.4 is 15.6 Å². The van der Waals surface area contributed by atoms with Crippen LogP contribution in [-0.4, -0.2) is 37.0 Å². The Morgan fingerprint density at radius 2 is 2.09 bits per heavy atom. The van der Waals surface area contributed by atoms with Crippen molar-refractivity contribution >= 4 is 15.9 Å². The van der Waals surface area contributed by atoms with Gasteiger partial charge in [-0.25, -0.2) is 0 Å². The summed E-state index contributed by atoms with van der Waals surface area (Å²) in [7, 11) is 3.47. The summed E-state index contributed by atoms with van der Waals surface area (Å²) in [6.07, 6.45) is 7.25. The zero-order valence-electron chi connectivity index (χ0n) is 13.3. The Kier molecular flexibility index (Phi) is 6.92. The topological polar surface area (TPSA) is 52.5 Å². The van der Waals surface area contributed by atoms with Gasteiger partial charge < -0.3 is 19.4 Å². The van der Waals surface area contributed by atoms with E-state index in [0.29, 0.717) is 11.8 Å². The largest absolute Gasteiger partial charge is 0.489 e. The van der Waals surface area contributed by atoms with Crippen molar-refractivity contribution in [1.29, 1.82) is 0 Å². The Hall–Kier alpha value is -0.850. The molecule has 0 bridgehead atoms. The van der Waals surface area contributed by atoms with E-state index in [2.05, 4.69) is 21.2 Å². The number of hydrogen-bond acceptors (Lipinski definition) is 4. The van der Waals surface area contributed by atoms with Gasteiger partial charge in [0.1, 0.15) is 5.75 Å². The molecule has 0 atom stereocenters. The van der Waals surface area contributed by atoms with E-state index in [1.54, 1.807) is 26.4 Å². The third-order valence-corrected chi connectivity index (χ3v) is 4.67. The number of aryl methyl sites for hydroxylation is 1. The van der Waals surface area contributed by atoms with Gasteiger partial charge in [-0.1, -0.05) is 0 Å². The zero-order valence-corrected chi connectivity index (χ0v) is 14.9. The molecule has 0 saturated heterocycles. The van der Waals surface area contributed by atoms with Crippen LogP contribution in [0.15, 0.2) is 21.5 Å². The molecule has 0 radical (unpaired) electrons. The number of nitrogens with one attached hydrogen (secondary N) is 1. The quantitative estimate of drug-likeness (QED) is 0.746. The summed E-state index contributed by atoms with van der Waals surface area (Å²) in [4.78, 5) is 11.7. The normalized spacial score (nSPS) is 21.8. The van der Waals surface area contributed by atoms with E-state index in [1.807, 2.05) is 0 Å². The number of rotatable bonds is 7. The molecule has 0 spiro atoms. The molecule has 6 heteroatoms. The highest BCUT2D eigenvalue weighted by Gasteiger charge is 2.22. The summed E-state index contributed by atoms with van der Waals surface area (Å²) in [5.74, 6) is 0.652. The molecule has 5 nitrogen and oxygen atoms in total. The minimum absolute atomic E-state index is 0.0494. The van der Waals surface area contributed by atoms with Crippen LogP contribution in [0.25, 0.3) is 0 Å². The van der Waals surface area contributed by atoms with Gasteiger partial charge >= 0.3 is 0 Å². The molecule has 1 fully saturated rings. The molecular formula is C16H25BrN2O3. The third kappa shape index (κ3) is 5.11. The molecule has 1 aromatic heterocycles. The maximum atomic E-state index is 11.7. The summed E-state index contributed by atoms with van der Waals surface area (Å²) in [6.45, 7) is 1.81. The smallest absolute Gasteiger partial charge is 0.254 e. The molecule has 1 heterocycles. The van der Waals surface area contributed by atoms with Crippen LogP contribution in [0.1, 0.15) is 32.1 Å². The van der Waals surface area contributed by atoms with E-state index >= 15 is 0 Å². The van der Waals surface area contributed by atoms with Crippen LogP contribution in [0.4, 0.5) is 0 Å². The van der Waals surface area contributed by atoms with Crippen molar-refractivity contribution in [3.05, 3.63) is 27.1 Å². The second-order valence-corrected chi connectivity index (χ2v) is 6.68. The average molecular weight is 373 g/mol. The fourth-order valence-electron chi connectivity index (χ4n) is 2.76. The maximum absolute atomic E-state index is 11.7. The van der Waals surface area contributed by atoms with E-state index in [1.165, 1.54) is 4.57 Å². The first-order valence-electron chi connectivity index (χ1n) is 7.85. The van der Waals surface area contributed by atoms with Gasteiger partial charge in [-0.2, -0.15) is 0 Å². The van der Waals surface area contributed by atoms with Crippen molar-refractivity contribution < 1.29 is 9.47 Å². The van der Waals surface area contributed by atoms with Crippen LogP contribution >= 0.6 is 15.9 Å². The van der Waals surface area contributed by atoms with E-state index in [-0.39, 0.29) is 11.7 Å². The molecule has 2 rings (SSSR count). The lowest BCUT2D eigenvalue weighted by Crippen LogP contribution is -2.37. The van der Waals surface area contributed by atoms with Gasteiger partial charge in [-0.15, -0.1) is 0 Å². The first-order valence-corrected chi connectivity index (χ1v) is 8.64. The molecule has 22 heavy (non-hydrogen) atoms. The highest BCUT2D eigenvalue weighted by Crippen LogP contribution is 2.28. The summed E-state index contributed by atoms with van der Waals surface area (Å²) < 4.78 is 13.4. The molecule has 1 aliphatic rings. The van der Waals surface area contributed by atoms with Crippen LogP contribution in [0.2, 0.25) is 0 Å². The van der Waals surface area contributed by atoms with Crippen molar-refractivity contribution in [3.8, 4) is 5.75 Å². The van der Waals surface area contributed by atoms with Gasteiger partial charge in [0, 0.05) is 39.1 Å². The van der Waals surface area contributed by atoms with Gasteiger partial charge in [0.2, 0.25) is 0 Å². The van der Waals surface area contributed by atoms with Crippen molar-refractivity contribution in [2.24, 2.45) is 7.05 Å². The predicted octanol–water partition coefficient (Wildman–Crippen LogP) is 2.46. The van der Waals surface area contributed by atoms with Crippen molar-refractivity contribution in [3.63, 3.8) is 0 Å². The highest BCUT2D eigenvalue weighted by atomic mass is 79.9. The minimum Gasteiger partial charge on any atom is -0.489 e. The molecule has 0 aliphatic heterocycles. The lowest BCUT2D eigenvalue weighted by atomic mass is 9.93. The summed E-state index contributed by atoms with van der Waals surface area (Å²) >= 11 is 3.46. The van der Waals surface area contributed by atoms with Crippen molar-refractivity contribution in [1.82, 2.24) is 9.88 Å². The monoisotopic (exact) mass is 372 g/mol. The summed E-state index contributed by atoms with van der Waals surface area (Å²) in [5, 5.41) is 3.57.